The van der Waals surface area contributed by atoms with Crippen LogP contribution in [0.25, 0.3) is 0 Å². The average Bonchev–Trinajstić information content (AvgIpc) is 3.22. The number of hydrogen-bond acceptors (Lipinski definition) is 9. The van der Waals surface area contributed by atoms with Crippen LogP contribution in [0, 0.1) is 0 Å². The fraction of sp³-hybridized carbons (Fsp3) is 0.933. The number of hydrogen-bond donors (Lipinski definition) is 9. The molecule has 0 fully saturated rings. The third-order valence-electron chi connectivity index (χ3n) is 9.15. The molecular weight excluding hydrogens is 970 g/mol. The highest BCUT2D eigenvalue weighted by Crippen LogP contribution is 2.27. The Bertz CT molecular complexity index is 994. The summed E-state index contributed by atoms with van der Waals surface area (Å²) in [5, 5.41) is 0. The number of unbranched alkanes of at least 4 members (excludes halogenated alkanes) is 27. The predicted molar refractivity (Wildman–Crippen MR) is 282 cm³/mol. The highest BCUT2D eigenvalue weighted by molar-refractivity contribution is 8.06. The quantitative estimate of drug-likeness (QED) is 0.0122. The van der Waals surface area contributed by atoms with E-state index in [0.29, 0.717) is 39.1 Å². The molecule has 0 aliphatic heterocycles. The van der Waals surface area contributed by atoms with Crippen LogP contribution in [0.2, 0.25) is 0 Å². The molecule has 0 amide bonds. The zero-order chi connectivity index (χ0) is 51.8. The molecule has 0 radical (unpaired) electrons. The molecule has 0 aromatic rings. The number of carbonyl (C=O) groups excluding carboxylic acids is 3. The second-order valence-corrected chi connectivity index (χ2v) is 23.3. The SMILES string of the molecule is CCCCCCCCCCCCOC(=O)CC.CCCCCCCCCCCCOC(=O)CC.CCCCCCCCCCCCOC(=O)CC.OP(O)(O)=S.OP(O)(O)=S.OP(O)(O)=S. The maximum Gasteiger partial charge on any atom is 0.319 e. The van der Waals surface area contributed by atoms with Gasteiger partial charge in [0.15, 0.2) is 0 Å². The molecule has 0 saturated heterocycles. The number of esters is 3. The van der Waals surface area contributed by atoms with E-state index in [4.69, 9.17) is 58.3 Å². The van der Waals surface area contributed by atoms with Crippen molar-refractivity contribution >= 4 is 73.5 Å². The minimum atomic E-state index is -3.81. The lowest BCUT2D eigenvalue weighted by molar-refractivity contribution is -0.144. The minimum Gasteiger partial charge on any atom is -0.466 e. The van der Waals surface area contributed by atoms with Crippen LogP contribution in [-0.2, 0) is 64.0 Å². The second-order valence-electron chi connectivity index (χ2n) is 15.8. The Kier molecular flexibility index (Phi) is 71.7. The second kappa shape index (κ2) is 61.1. The summed E-state index contributed by atoms with van der Waals surface area (Å²) in [7, 11) is 0. The van der Waals surface area contributed by atoms with Crippen molar-refractivity contribution in [1.82, 2.24) is 0 Å². The molecule has 0 rings (SSSR count). The summed E-state index contributed by atoms with van der Waals surface area (Å²) in [6.07, 6.45) is 41.0. The summed E-state index contributed by atoms with van der Waals surface area (Å²) < 4.78 is 15.1. The Morgan fingerprint density at radius 3 is 0.530 bits per heavy atom. The van der Waals surface area contributed by atoms with E-state index in [1.165, 1.54) is 173 Å². The first kappa shape index (κ1) is 77.5. The van der Waals surface area contributed by atoms with Crippen molar-refractivity contribution in [1.29, 1.82) is 0 Å². The third-order valence-corrected chi connectivity index (χ3v) is 9.15. The average molecular weight is 1070 g/mol. The van der Waals surface area contributed by atoms with E-state index < -0.39 is 20.2 Å². The van der Waals surface area contributed by atoms with Gasteiger partial charge in [0, 0.05) is 19.3 Å². The summed E-state index contributed by atoms with van der Waals surface area (Å²) in [5.41, 5.74) is 0. The standard InChI is InChI=1S/3C15H30O2.3H3O3PS/c3*1-3-5-6-7-8-9-10-11-12-13-14-17-15(16)4-2;3*1-4(2,3)5/h3*3-14H2,1-2H3;3*(H3,1,2,3,5). The van der Waals surface area contributed by atoms with Gasteiger partial charge >= 0.3 is 38.1 Å². The van der Waals surface area contributed by atoms with Gasteiger partial charge in [0.25, 0.3) is 0 Å². The van der Waals surface area contributed by atoms with Crippen molar-refractivity contribution in [2.24, 2.45) is 0 Å². The molecule has 0 aromatic carbocycles. The van der Waals surface area contributed by atoms with Crippen molar-refractivity contribution in [2.45, 2.75) is 253 Å². The Morgan fingerprint density at radius 1 is 0.288 bits per heavy atom. The molecule has 0 unspecified atom stereocenters. The zero-order valence-electron chi connectivity index (χ0n) is 42.0. The van der Waals surface area contributed by atoms with Crippen molar-refractivity contribution in [3.63, 3.8) is 0 Å². The number of carbonyl (C=O) groups is 3. The molecule has 0 aliphatic rings. The van der Waals surface area contributed by atoms with Gasteiger partial charge in [0.1, 0.15) is 0 Å². The van der Waals surface area contributed by atoms with E-state index in [1.807, 2.05) is 20.8 Å². The Balaban J connectivity index is -0.000000176. The molecule has 15 nitrogen and oxygen atoms in total. The Labute approximate surface area is 417 Å². The van der Waals surface area contributed by atoms with Gasteiger partial charge in [-0.3, -0.25) is 14.4 Å². The van der Waals surface area contributed by atoms with Gasteiger partial charge in [0.2, 0.25) is 0 Å². The fourth-order valence-corrected chi connectivity index (χ4v) is 5.63. The molecule has 0 aliphatic carbocycles. The number of ether oxygens (including phenoxy) is 3. The van der Waals surface area contributed by atoms with Crippen LogP contribution in [-0.4, -0.2) is 81.8 Å². The van der Waals surface area contributed by atoms with Crippen LogP contribution < -0.4 is 0 Å². The van der Waals surface area contributed by atoms with Crippen molar-refractivity contribution < 1.29 is 72.6 Å². The van der Waals surface area contributed by atoms with E-state index in [-0.39, 0.29) is 17.9 Å². The van der Waals surface area contributed by atoms with Gasteiger partial charge in [-0.05, 0) is 54.7 Å². The lowest BCUT2D eigenvalue weighted by Crippen LogP contribution is -2.03. The summed E-state index contributed by atoms with van der Waals surface area (Å²) in [5.74, 6) is -0.206. The van der Waals surface area contributed by atoms with E-state index in [0.717, 1.165) is 19.3 Å². The van der Waals surface area contributed by atoms with Crippen LogP contribution in [0.4, 0.5) is 0 Å². The first-order valence-corrected chi connectivity index (χ1v) is 32.7. The molecule has 66 heavy (non-hydrogen) atoms. The van der Waals surface area contributed by atoms with Crippen molar-refractivity contribution in [3.8, 4) is 0 Å². The van der Waals surface area contributed by atoms with Gasteiger partial charge in [-0.15, -0.1) is 0 Å². The van der Waals surface area contributed by atoms with Crippen molar-refractivity contribution in [3.05, 3.63) is 0 Å². The highest BCUT2D eigenvalue weighted by atomic mass is 32.5. The molecule has 9 N–H and O–H groups in total. The summed E-state index contributed by atoms with van der Waals surface area (Å²) in [6, 6.07) is 0. The van der Waals surface area contributed by atoms with Gasteiger partial charge < -0.3 is 58.3 Å². The van der Waals surface area contributed by atoms with Gasteiger partial charge in [-0.1, -0.05) is 215 Å². The molecule has 0 saturated carbocycles. The monoisotopic (exact) mass is 1070 g/mol. The molecule has 21 heteroatoms. The van der Waals surface area contributed by atoms with Crippen LogP contribution >= 0.6 is 20.2 Å². The smallest absolute Gasteiger partial charge is 0.319 e. The largest absolute Gasteiger partial charge is 0.466 e. The van der Waals surface area contributed by atoms with Crippen LogP contribution in [0.15, 0.2) is 0 Å². The number of rotatable bonds is 36. The van der Waals surface area contributed by atoms with Crippen LogP contribution in [0.1, 0.15) is 253 Å². The lowest BCUT2D eigenvalue weighted by Gasteiger charge is -2.03. The van der Waals surface area contributed by atoms with E-state index in [9.17, 15) is 14.4 Å². The lowest BCUT2D eigenvalue weighted by atomic mass is 10.1. The topological polar surface area (TPSA) is 261 Å². The van der Waals surface area contributed by atoms with Crippen LogP contribution in [0.3, 0.4) is 0 Å². The zero-order valence-corrected chi connectivity index (χ0v) is 47.1. The minimum absolute atomic E-state index is 0.0686. The molecule has 0 spiro atoms. The molecule has 0 bridgehead atoms. The Morgan fingerprint density at radius 2 is 0.409 bits per heavy atom. The maximum atomic E-state index is 10.8. The van der Waals surface area contributed by atoms with E-state index >= 15 is 0 Å². The molecular formula is C45H99O15P3S3. The highest BCUT2D eigenvalue weighted by Gasteiger charge is 2.00. The van der Waals surface area contributed by atoms with E-state index in [2.05, 4.69) is 56.2 Å². The van der Waals surface area contributed by atoms with Gasteiger partial charge in [-0.25, -0.2) is 0 Å². The Hall–Kier alpha value is -0.000000000000000527. The molecule has 0 heterocycles. The third kappa shape index (κ3) is 125. The maximum absolute atomic E-state index is 10.8. The van der Waals surface area contributed by atoms with Crippen LogP contribution in [0.5, 0.6) is 0 Å². The predicted octanol–water partition coefficient (Wildman–Crippen LogP) is 12.1. The van der Waals surface area contributed by atoms with Gasteiger partial charge in [-0.2, -0.15) is 0 Å². The first-order valence-electron chi connectivity index (χ1n) is 24.7. The van der Waals surface area contributed by atoms with Crippen molar-refractivity contribution in [2.75, 3.05) is 19.8 Å². The van der Waals surface area contributed by atoms with Gasteiger partial charge in [0.05, 0.1) is 19.8 Å². The first-order chi connectivity index (χ1) is 30.9. The summed E-state index contributed by atoms with van der Waals surface area (Å²) >= 11 is 10.8. The van der Waals surface area contributed by atoms with E-state index in [1.54, 1.807) is 0 Å². The summed E-state index contributed by atoms with van der Waals surface area (Å²) in [4.78, 5) is 101. The normalized spacial score (nSPS) is 10.8. The molecule has 0 aromatic heterocycles. The summed E-state index contributed by atoms with van der Waals surface area (Å²) in [6.45, 7) is 2.69. The fourth-order valence-electron chi connectivity index (χ4n) is 5.63. The molecule has 0 atom stereocenters. The molecule has 402 valence electrons.